The number of benzene rings is 2. The first-order valence-corrected chi connectivity index (χ1v) is 7.30. The molecule has 0 bridgehead atoms. The van der Waals surface area contributed by atoms with E-state index >= 15 is 0 Å². The van der Waals surface area contributed by atoms with Gasteiger partial charge in [0.1, 0.15) is 11.6 Å². The van der Waals surface area contributed by atoms with Gasteiger partial charge in [-0.15, -0.1) is 0 Å². The van der Waals surface area contributed by atoms with Crippen molar-refractivity contribution in [2.24, 2.45) is 0 Å². The van der Waals surface area contributed by atoms with Crippen LogP contribution in [0.15, 0.2) is 42.5 Å². The molecular weight excluding hydrogens is 281 g/mol. The predicted octanol–water partition coefficient (Wildman–Crippen LogP) is 4.24. The van der Waals surface area contributed by atoms with Crippen LogP contribution in [0.5, 0.6) is 5.75 Å². The summed E-state index contributed by atoms with van der Waals surface area (Å²) >= 11 is 0. The monoisotopic (exact) mass is 301 g/mol. The minimum absolute atomic E-state index is 0.283. The van der Waals surface area contributed by atoms with E-state index in [2.05, 4.69) is 5.32 Å². The Morgan fingerprint density at radius 2 is 2.00 bits per heavy atom. The second kappa shape index (κ2) is 7.07. The number of anilines is 1. The average Bonchev–Trinajstić information content (AvgIpc) is 2.48. The molecule has 4 heteroatoms. The van der Waals surface area contributed by atoms with Crippen LogP contribution in [0.25, 0.3) is 0 Å². The highest BCUT2D eigenvalue weighted by Gasteiger charge is 2.19. The van der Waals surface area contributed by atoms with E-state index in [0.29, 0.717) is 17.9 Å². The van der Waals surface area contributed by atoms with Crippen molar-refractivity contribution in [2.75, 3.05) is 5.32 Å². The van der Waals surface area contributed by atoms with E-state index in [1.807, 2.05) is 39.0 Å². The zero-order chi connectivity index (χ0) is 16.1. The molecule has 0 fully saturated rings. The van der Waals surface area contributed by atoms with Crippen LogP contribution in [0.3, 0.4) is 0 Å². The predicted molar refractivity (Wildman–Crippen MR) is 85.7 cm³/mol. The third-order valence-corrected chi connectivity index (χ3v) is 3.37. The van der Waals surface area contributed by atoms with E-state index in [1.54, 1.807) is 12.1 Å². The Kier molecular flexibility index (Phi) is 5.15. The molecular formula is C18H20FNO2. The highest BCUT2D eigenvalue weighted by molar-refractivity contribution is 5.94. The largest absolute Gasteiger partial charge is 0.480 e. The number of hydrogen-bond acceptors (Lipinski definition) is 2. The summed E-state index contributed by atoms with van der Waals surface area (Å²) in [6, 6.07) is 11.7. The summed E-state index contributed by atoms with van der Waals surface area (Å²) in [7, 11) is 0. The summed E-state index contributed by atoms with van der Waals surface area (Å²) in [5.41, 5.74) is 2.47. The van der Waals surface area contributed by atoms with Crippen molar-refractivity contribution in [3.63, 3.8) is 0 Å². The van der Waals surface area contributed by atoms with E-state index < -0.39 is 6.10 Å². The van der Waals surface area contributed by atoms with E-state index in [1.165, 1.54) is 12.1 Å². The van der Waals surface area contributed by atoms with Gasteiger partial charge in [0, 0.05) is 5.69 Å². The van der Waals surface area contributed by atoms with Gasteiger partial charge in [-0.1, -0.05) is 25.1 Å². The van der Waals surface area contributed by atoms with Gasteiger partial charge in [0.15, 0.2) is 6.10 Å². The van der Waals surface area contributed by atoms with E-state index in [0.717, 1.165) is 11.1 Å². The molecule has 1 atom stereocenters. The first-order chi connectivity index (χ1) is 10.5. The Morgan fingerprint density at radius 1 is 1.23 bits per heavy atom. The van der Waals surface area contributed by atoms with Gasteiger partial charge < -0.3 is 10.1 Å². The highest BCUT2D eigenvalue weighted by atomic mass is 19.1. The fourth-order valence-corrected chi connectivity index (χ4v) is 2.10. The molecule has 0 radical (unpaired) electrons. The van der Waals surface area contributed by atoms with Crippen LogP contribution in [0.2, 0.25) is 0 Å². The van der Waals surface area contributed by atoms with Crippen LogP contribution in [0.1, 0.15) is 24.5 Å². The molecule has 0 spiro atoms. The Labute approximate surface area is 130 Å². The molecule has 116 valence electrons. The first-order valence-electron chi connectivity index (χ1n) is 7.30. The van der Waals surface area contributed by atoms with Crippen molar-refractivity contribution >= 4 is 11.6 Å². The normalized spacial score (nSPS) is 11.8. The van der Waals surface area contributed by atoms with Gasteiger partial charge in [0.25, 0.3) is 5.91 Å². The molecule has 1 amide bonds. The molecule has 22 heavy (non-hydrogen) atoms. The Balaban J connectivity index is 2.10. The Hall–Kier alpha value is -2.36. The quantitative estimate of drug-likeness (QED) is 0.897. The van der Waals surface area contributed by atoms with Gasteiger partial charge in [-0.2, -0.15) is 0 Å². The van der Waals surface area contributed by atoms with Gasteiger partial charge >= 0.3 is 0 Å². The number of hydrogen-bond donors (Lipinski definition) is 1. The molecule has 0 aliphatic rings. The van der Waals surface area contributed by atoms with Crippen molar-refractivity contribution in [1.29, 1.82) is 0 Å². The highest BCUT2D eigenvalue weighted by Crippen LogP contribution is 2.22. The fourth-order valence-electron chi connectivity index (χ4n) is 2.10. The molecule has 0 aliphatic carbocycles. The summed E-state index contributed by atoms with van der Waals surface area (Å²) in [6.07, 6.45) is -0.0992. The molecule has 0 aliphatic heterocycles. The zero-order valence-corrected chi connectivity index (χ0v) is 13.0. The lowest BCUT2D eigenvalue weighted by molar-refractivity contribution is -0.122. The third kappa shape index (κ3) is 4.07. The molecule has 3 nitrogen and oxygen atoms in total. The number of ether oxygens (including phenoxy) is 1. The third-order valence-electron chi connectivity index (χ3n) is 3.37. The SMILES string of the molecule is CCC(Oc1cc(C)ccc1C)C(=O)Nc1cccc(F)c1. The Bertz CT molecular complexity index is 670. The van der Waals surface area contributed by atoms with Crippen LogP contribution in [-0.4, -0.2) is 12.0 Å². The van der Waals surface area contributed by atoms with Gasteiger partial charge in [-0.25, -0.2) is 4.39 Å². The second-order valence-corrected chi connectivity index (χ2v) is 5.28. The van der Waals surface area contributed by atoms with Crippen LogP contribution >= 0.6 is 0 Å². The molecule has 0 saturated heterocycles. The maximum Gasteiger partial charge on any atom is 0.265 e. The maximum atomic E-state index is 13.2. The lowest BCUT2D eigenvalue weighted by atomic mass is 10.1. The summed E-state index contributed by atoms with van der Waals surface area (Å²) in [5, 5.41) is 2.68. The lowest BCUT2D eigenvalue weighted by Gasteiger charge is -2.19. The fraction of sp³-hybridized carbons (Fsp3) is 0.278. The van der Waals surface area contributed by atoms with Crippen LogP contribution in [-0.2, 0) is 4.79 Å². The molecule has 1 N–H and O–H groups in total. The first kappa shape index (κ1) is 16.0. The number of amides is 1. The molecule has 0 heterocycles. The molecule has 2 aromatic rings. The number of carbonyl (C=O) groups excluding carboxylic acids is 1. The zero-order valence-electron chi connectivity index (χ0n) is 13.0. The summed E-state index contributed by atoms with van der Waals surface area (Å²) in [6.45, 7) is 5.78. The molecule has 2 rings (SSSR count). The standard InChI is InChI=1S/C18H20FNO2/c1-4-16(22-17-10-12(2)8-9-13(17)3)18(21)20-15-7-5-6-14(19)11-15/h5-11,16H,4H2,1-3H3,(H,20,21). The number of rotatable bonds is 5. The van der Waals surface area contributed by atoms with Crippen molar-refractivity contribution in [3.05, 3.63) is 59.4 Å². The van der Waals surface area contributed by atoms with Crippen LogP contribution in [0, 0.1) is 19.7 Å². The molecule has 1 unspecified atom stereocenters. The van der Waals surface area contributed by atoms with Crippen LogP contribution < -0.4 is 10.1 Å². The Morgan fingerprint density at radius 3 is 2.68 bits per heavy atom. The van der Waals surface area contributed by atoms with Gasteiger partial charge in [0.05, 0.1) is 0 Å². The van der Waals surface area contributed by atoms with E-state index in [9.17, 15) is 9.18 Å². The van der Waals surface area contributed by atoms with E-state index in [4.69, 9.17) is 4.74 Å². The van der Waals surface area contributed by atoms with Gasteiger partial charge in [-0.05, 0) is 55.7 Å². The molecule has 0 saturated carbocycles. The van der Waals surface area contributed by atoms with E-state index in [-0.39, 0.29) is 11.7 Å². The number of carbonyl (C=O) groups is 1. The lowest BCUT2D eigenvalue weighted by Crippen LogP contribution is -2.32. The van der Waals surface area contributed by atoms with Gasteiger partial charge in [0.2, 0.25) is 0 Å². The summed E-state index contributed by atoms with van der Waals surface area (Å²) in [5.74, 6) is 0.0246. The molecule has 0 aromatic heterocycles. The summed E-state index contributed by atoms with van der Waals surface area (Å²) in [4.78, 5) is 12.3. The number of halogens is 1. The van der Waals surface area contributed by atoms with Crippen molar-refractivity contribution in [1.82, 2.24) is 0 Å². The summed E-state index contributed by atoms with van der Waals surface area (Å²) < 4.78 is 19.0. The minimum atomic E-state index is -0.622. The topological polar surface area (TPSA) is 38.3 Å². The van der Waals surface area contributed by atoms with Crippen molar-refractivity contribution in [3.8, 4) is 5.75 Å². The van der Waals surface area contributed by atoms with Gasteiger partial charge in [-0.3, -0.25) is 4.79 Å². The van der Waals surface area contributed by atoms with Crippen molar-refractivity contribution < 1.29 is 13.9 Å². The minimum Gasteiger partial charge on any atom is -0.480 e. The number of aryl methyl sites for hydroxylation is 2. The second-order valence-electron chi connectivity index (χ2n) is 5.28. The van der Waals surface area contributed by atoms with Crippen LogP contribution in [0.4, 0.5) is 10.1 Å². The maximum absolute atomic E-state index is 13.2. The smallest absolute Gasteiger partial charge is 0.265 e. The molecule has 2 aromatic carbocycles. The number of nitrogens with one attached hydrogen (secondary N) is 1. The van der Waals surface area contributed by atoms with Crippen molar-refractivity contribution in [2.45, 2.75) is 33.3 Å². The average molecular weight is 301 g/mol.